The summed E-state index contributed by atoms with van der Waals surface area (Å²) in [7, 11) is -3.68. The second-order valence-electron chi connectivity index (χ2n) is 6.75. The lowest BCUT2D eigenvalue weighted by molar-refractivity contribution is 0.454. The fraction of sp³-hybridized carbons (Fsp3) is 0.0952. The zero-order valence-electron chi connectivity index (χ0n) is 16.7. The standard InChI is InChI=1S/C21H18BrN5O3S/c1-14-13-15(2)27(25-14)20-11-12-21(24-23-20)30-18-7-5-17(6-8-18)26-31(28,29)19-9-3-16(22)4-10-19/h3-13,26H,1-2H3. The van der Waals surface area contributed by atoms with Crippen molar-refractivity contribution in [3.05, 3.63) is 82.6 Å². The maximum Gasteiger partial charge on any atom is 0.261 e. The third kappa shape index (κ3) is 4.92. The molecule has 2 aromatic carbocycles. The van der Waals surface area contributed by atoms with Crippen LogP contribution < -0.4 is 9.46 Å². The van der Waals surface area contributed by atoms with Crippen LogP contribution >= 0.6 is 15.9 Å². The first kappa shape index (κ1) is 21.0. The molecule has 10 heteroatoms. The molecule has 0 aliphatic carbocycles. The SMILES string of the molecule is Cc1cc(C)n(-c2ccc(Oc3ccc(NS(=O)(=O)c4ccc(Br)cc4)cc3)nn2)n1. The number of hydrogen-bond donors (Lipinski definition) is 1. The number of anilines is 1. The van der Waals surface area contributed by atoms with Crippen LogP contribution in [0.3, 0.4) is 0 Å². The first-order chi connectivity index (χ1) is 14.8. The third-order valence-corrected chi connectivity index (χ3v) is 6.23. The number of rotatable bonds is 6. The van der Waals surface area contributed by atoms with E-state index in [-0.39, 0.29) is 4.90 Å². The number of benzene rings is 2. The molecular formula is C21H18BrN5O3S. The van der Waals surface area contributed by atoms with Crippen molar-refractivity contribution in [2.45, 2.75) is 18.7 Å². The van der Waals surface area contributed by atoms with Crippen LogP contribution in [0.4, 0.5) is 5.69 Å². The molecule has 2 aromatic heterocycles. The highest BCUT2D eigenvalue weighted by atomic mass is 79.9. The second kappa shape index (κ2) is 8.48. The van der Waals surface area contributed by atoms with Gasteiger partial charge < -0.3 is 4.74 Å². The molecule has 4 aromatic rings. The zero-order valence-corrected chi connectivity index (χ0v) is 19.1. The Hall–Kier alpha value is -3.24. The molecule has 0 unspecified atom stereocenters. The van der Waals surface area contributed by atoms with Crippen molar-refractivity contribution < 1.29 is 13.2 Å². The fourth-order valence-electron chi connectivity index (χ4n) is 2.88. The summed E-state index contributed by atoms with van der Waals surface area (Å²) in [6, 6.07) is 18.3. The topological polar surface area (TPSA) is 99.0 Å². The molecular weight excluding hydrogens is 482 g/mol. The summed E-state index contributed by atoms with van der Waals surface area (Å²) in [5.41, 5.74) is 2.28. The highest BCUT2D eigenvalue weighted by Gasteiger charge is 2.14. The summed E-state index contributed by atoms with van der Waals surface area (Å²) >= 11 is 3.29. The van der Waals surface area contributed by atoms with E-state index < -0.39 is 10.0 Å². The average molecular weight is 500 g/mol. The Morgan fingerprint density at radius 3 is 2.23 bits per heavy atom. The first-order valence-corrected chi connectivity index (χ1v) is 11.5. The van der Waals surface area contributed by atoms with E-state index in [0.29, 0.717) is 23.1 Å². The van der Waals surface area contributed by atoms with Crippen molar-refractivity contribution in [3.63, 3.8) is 0 Å². The Balaban J connectivity index is 1.44. The van der Waals surface area contributed by atoms with Crippen molar-refractivity contribution in [2.75, 3.05) is 4.72 Å². The molecule has 0 atom stereocenters. The molecule has 158 valence electrons. The summed E-state index contributed by atoms with van der Waals surface area (Å²) in [5.74, 6) is 1.41. The molecule has 8 nitrogen and oxygen atoms in total. The van der Waals surface area contributed by atoms with Gasteiger partial charge in [0.2, 0.25) is 5.88 Å². The van der Waals surface area contributed by atoms with Crippen molar-refractivity contribution in [1.29, 1.82) is 0 Å². The van der Waals surface area contributed by atoms with Gasteiger partial charge in [0.05, 0.1) is 10.6 Å². The monoisotopic (exact) mass is 499 g/mol. The van der Waals surface area contributed by atoms with Crippen molar-refractivity contribution in [2.24, 2.45) is 0 Å². The Labute approximate surface area is 188 Å². The molecule has 0 saturated carbocycles. The molecule has 0 spiro atoms. The summed E-state index contributed by atoms with van der Waals surface area (Å²) in [4.78, 5) is 0.175. The predicted molar refractivity (Wildman–Crippen MR) is 120 cm³/mol. The number of hydrogen-bond acceptors (Lipinski definition) is 6. The van der Waals surface area contributed by atoms with Crippen LogP contribution in [0.5, 0.6) is 11.6 Å². The van der Waals surface area contributed by atoms with Gasteiger partial charge in [-0.25, -0.2) is 13.1 Å². The van der Waals surface area contributed by atoms with Gasteiger partial charge in [-0.2, -0.15) is 5.10 Å². The van der Waals surface area contributed by atoms with E-state index in [1.165, 1.54) is 12.1 Å². The van der Waals surface area contributed by atoms with Gasteiger partial charge in [0, 0.05) is 21.9 Å². The van der Waals surface area contributed by atoms with Gasteiger partial charge in [-0.05, 0) is 74.5 Å². The van der Waals surface area contributed by atoms with Gasteiger partial charge in [-0.3, -0.25) is 4.72 Å². The quantitative estimate of drug-likeness (QED) is 0.415. The maximum absolute atomic E-state index is 12.5. The number of nitrogens with one attached hydrogen (secondary N) is 1. The normalized spacial score (nSPS) is 11.3. The van der Waals surface area contributed by atoms with Crippen LogP contribution in [-0.2, 0) is 10.0 Å². The van der Waals surface area contributed by atoms with E-state index >= 15 is 0 Å². The van der Waals surface area contributed by atoms with Crippen LogP contribution in [0.1, 0.15) is 11.4 Å². The lowest BCUT2D eigenvalue weighted by Crippen LogP contribution is -2.12. The minimum absolute atomic E-state index is 0.175. The molecule has 0 saturated heterocycles. The molecule has 0 fully saturated rings. The van der Waals surface area contributed by atoms with E-state index in [9.17, 15) is 8.42 Å². The van der Waals surface area contributed by atoms with Crippen LogP contribution in [-0.4, -0.2) is 28.4 Å². The number of halogens is 1. The Morgan fingerprint density at radius 2 is 1.65 bits per heavy atom. The minimum atomic E-state index is -3.68. The Morgan fingerprint density at radius 1 is 0.935 bits per heavy atom. The highest BCUT2D eigenvalue weighted by Crippen LogP contribution is 2.24. The number of nitrogens with zero attached hydrogens (tertiary/aromatic N) is 4. The largest absolute Gasteiger partial charge is 0.438 e. The van der Waals surface area contributed by atoms with Crippen molar-refractivity contribution >= 4 is 31.6 Å². The second-order valence-corrected chi connectivity index (χ2v) is 9.35. The number of aromatic nitrogens is 4. The number of ether oxygens (including phenoxy) is 1. The van der Waals surface area contributed by atoms with Gasteiger partial charge in [0.1, 0.15) is 5.75 Å². The van der Waals surface area contributed by atoms with Crippen LogP contribution in [0.25, 0.3) is 5.82 Å². The van der Waals surface area contributed by atoms with Crippen molar-refractivity contribution in [1.82, 2.24) is 20.0 Å². The van der Waals surface area contributed by atoms with Gasteiger partial charge in [0.25, 0.3) is 10.0 Å². The lowest BCUT2D eigenvalue weighted by atomic mass is 10.3. The van der Waals surface area contributed by atoms with E-state index in [0.717, 1.165) is 15.9 Å². The van der Waals surface area contributed by atoms with Gasteiger partial charge in [0.15, 0.2) is 5.82 Å². The molecule has 31 heavy (non-hydrogen) atoms. The molecule has 0 radical (unpaired) electrons. The van der Waals surface area contributed by atoms with E-state index in [1.807, 2.05) is 19.9 Å². The molecule has 1 N–H and O–H groups in total. The Kier molecular flexibility index (Phi) is 5.75. The molecule has 0 aliphatic rings. The molecule has 0 amide bonds. The number of aryl methyl sites for hydroxylation is 2. The van der Waals surface area contributed by atoms with E-state index in [2.05, 4.69) is 35.9 Å². The zero-order chi connectivity index (χ0) is 22.0. The van der Waals surface area contributed by atoms with Crippen LogP contribution in [0, 0.1) is 13.8 Å². The predicted octanol–water partition coefficient (Wildman–Crippen LogP) is 4.63. The lowest BCUT2D eigenvalue weighted by Gasteiger charge is -2.09. The van der Waals surface area contributed by atoms with E-state index in [1.54, 1.807) is 53.2 Å². The third-order valence-electron chi connectivity index (χ3n) is 4.31. The molecule has 0 aliphatic heterocycles. The average Bonchev–Trinajstić information content (AvgIpc) is 3.08. The highest BCUT2D eigenvalue weighted by molar-refractivity contribution is 9.10. The molecule has 2 heterocycles. The number of sulfonamides is 1. The smallest absolute Gasteiger partial charge is 0.261 e. The van der Waals surface area contributed by atoms with Gasteiger partial charge in [-0.15, -0.1) is 10.2 Å². The fourth-order valence-corrected chi connectivity index (χ4v) is 4.20. The summed E-state index contributed by atoms with van der Waals surface area (Å²) < 4.78 is 35.7. The van der Waals surface area contributed by atoms with Crippen LogP contribution in [0.15, 0.2) is 76.1 Å². The van der Waals surface area contributed by atoms with Gasteiger partial charge >= 0.3 is 0 Å². The first-order valence-electron chi connectivity index (χ1n) is 9.24. The summed E-state index contributed by atoms with van der Waals surface area (Å²) in [5, 5.41) is 12.6. The maximum atomic E-state index is 12.5. The van der Waals surface area contributed by atoms with E-state index in [4.69, 9.17) is 4.74 Å². The molecule has 0 bridgehead atoms. The minimum Gasteiger partial charge on any atom is -0.438 e. The summed E-state index contributed by atoms with van der Waals surface area (Å²) in [6.07, 6.45) is 0. The summed E-state index contributed by atoms with van der Waals surface area (Å²) in [6.45, 7) is 3.86. The molecule has 4 rings (SSSR count). The van der Waals surface area contributed by atoms with Crippen LogP contribution in [0.2, 0.25) is 0 Å². The Bertz CT molecular complexity index is 1300. The van der Waals surface area contributed by atoms with Crippen molar-refractivity contribution in [3.8, 4) is 17.4 Å². The van der Waals surface area contributed by atoms with Gasteiger partial charge in [-0.1, -0.05) is 15.9 Å².